The largest absolute Gasteiger partial charge is 0.359 e. The SMILES string of the molecule is CNC(=O)CCN1CCC[C@]2(CCC(=O)N(CCc3ccccc3)C2)C1. The normalized spacial score (nSPS) is 24.0. The number of rotatable bonds is 6. The van der Waals surface area contributed by atoms with Gasteiger partial charge in [0.15, 0.2) is 0 Å². The molecule has 3 rings (SSSR count). The molecule has 2 saturated heterocycles. The van der Waals surface area contributed by atoms with Crippen molar-refractivity contribution < 1.29 is 9.59 Å². The first kappa shape index (κ1) is 18.9. The summed E-state index contributed by atoms with van der Waals surface area (Å²) in [5, 5.41) is 2.70. The molecule has 0 bridgehead atoms. The molecule has 2 aliphatic heterocycles. The number of nitrogens with zero attached hydrogens (tertiary/aromatic N) is 2. The van der Waals surface area contributed by atoms with Crippen LogP contribution in [0.4, 0.5) is 0 Å². The van der Waals surface area contributed by atoms with E-state index in [1.54, 1.807) is 7.05 Å². The van der Waals surface area contributed by atoms with E-state index in [4.69, 9.17) is 0 Å². The van der Waals surface area contributed by atoms with Crippen LogP contribution < -0.4 is 5.32 Å². The third-order valence-corrected chi connectivity index (χ3v) is 5.94. The summed E-state index contributed by atoms with van der Waals surface area (Å²) in [4.78, 5) is 28.5. The average Bonchev–Trinajstić information content (AvgIpc) is 2.68. The molecule has 0 saturated carbocycles. The van der Waals surface area contributed by atoms with Crippen LogP contribution in [0, 0.1) is 5.41 Å². The van der Waals surface area contributed by atoms with Gasteiger partial charge in [0, 0.05) is 51.5 Å². The standard InChI is InChI=1S/C21H31N3O2/c1-22-19(25)10-14-23-13-5-11-21(16-23)12-8-20(26)24(17-21)15-9-18-6-3-2-4-7-18/h2-4,6-7H,5,8-17H2,1H3,(H,22,25)/t21-/m0/s1. The van der Waals surface area contributed by atoms with E-state index >= 15 is 0 Å². The fraction of sp³-hybridized carbons (Fsp3) is 0.619. The average molecular weight is 357 g/mol. The fourth-order valence-electron chi connectivity index (χ4n) is 4.43. The molecule has 2 aliphatic rings. The molecule has 0 unspecified atom stereocenters. The summed E-state index contributed by atoms with van der Waals surface area (Å²) >= 11 is 0. The van der Waals surface area contributed by atoms with E-state index in [1.807, 2.05) is 6.07 Å². The van der Waals surface area contributed by atoms with Gasteiger partial charge >= 0.3 is 0 Å². The minimum Gasteiger partial charge on any atom is -0.359 e. The van der Waals surface area contributed by atoms with Gasteiger partial charge in [-0.15, -0.1) is 0 Å². The molecule has 1 aromatic rings. The van der Waals surface area contributed by atoms with Crippen LogP contribution in [-0.4, -0.2) is 61.4 Å². The highest BCUT2D eigenvalue weighted by Crippen LogP contribution is 2.38. The Bertz CT molecular complexity index is 619. The summed E-state index contributed by atoms with van der Waals surface area (Å²) in [5.74, 6) is 0.405. The van der Waals surface area contributed by atoms with Gasteiger partial charge in [0.1, 0.15) is 0 Å². The number of hydrogen-bond donors (Lipinski definition) is 1. The van der Waals surface area contributed by atoms with Crippen molar-refractivity contribution in [2.75, 3.05) is 39.8 Å². The van der Waals surface area contributed by atoms with Crippen LogP contribution in [0.3, 0.4) is 0 Å². The van der Waals surface area contributed by atoms with E-state index in [2.05, 4.69) is 39.4 Å². The van der Waals surface area contributed by atoms with Gasteiger partial charge in [-0.25, -0.2) is 0 Å². The highest BCUT2D eigenvalue weighted by atomic mass is 16.2. The monoisotopic (exact) mass is 357 g/mol. The lowest BCUT2D eigenvalue weighted by Gasteiger charge is -2.48. The number of benzene rings is 1. The Morgan fingerprint density at radius 2 is 1.96 bits per heavy atom. The van der Waals surface area contributed by atoms with Crippen LogP contribution in [0.2, 0.25) is 0 Å². The number of carbonyl (C=O) groups excluding carboxylic acids is 2. The third kappa shape index (κ3) is 4.85. The van der Waals surface area contributed by atoms with Crippen molar-refractivity contribution in [1.29, 1.82) is 0 Å². The third-order valence-electron chi connectivity index (χ3n) is 5.94. The van der Waals surface area contributed by atoms with Crippen molar-refractivity contribution in [2.45, 2.75) is 38.5 Å². The maximum atomic E-state index is 12.4. The van der Waals surface area contributed by atoms with E-state index in [0.717, 1.165) is 52.0 Å². The minimum absolute atomic E-state index is 0.105. The zero-order valence-electron chi connectivity index (χ0n) is 15.9. The van der Waals surface area contributed by atoms with E-state index in [0.29, 0.717) is 18.7 Å². The Balaban J connectivity index is 1.57. The summed E-state index contributed by atoms with van der Waals surface area (Å²) in [5.41, 5.74) is 1.50. The predicted molar refractivity (Wildman–Crippen MR) is 103 cm³/mol. The zero-order valence-corrected chi connectivity index (χ0v) is 15.9. The van der Waals surface area contributed by atoms with Crippen LogP contribution in [0.5, 0.6) is 0 Å². The first-order chi connectivity index (χ1) is 12.6. The molecule has 1 aromatic carbocycles. The molecule has 0 radical (unpaired) electrons. The van der Waals surface area contributed by atoms with Crippen molar-refractivity contribution in [3.05, 3.63) is 35.9 Å². The zero-order chi connectivity index (χ0) is 18.4. The van der Waals surface area contributed by atoms with Crippen LogP contribution in [0.15, 0.2) is 30.3 Å². The van der Waals surface area contributed by atoms with Gasteiger partial charge in [-0.05, 0) is 37.8 Å². The number of hydrogen-bond acceptors (Lipinski definition) is 3. The lowest BCUT2D eigenvalue weighted by molar-refractivity contribution is -0.139. The highest BCUT2D eigenvalue weighted by Gasteiger charge is 2.41. The lowest BCUT2D eigenvalue weighted by atomic mass is 9.73. The van der Waals surface area contributed by atoms with Crippen LogP contribution in [0.1, 0.15) is 37.7 Å². The van der Waals surface area contributed by atoms with Gasteiger partial charge in [-0.1, -0.05) is 30.3 Å². The van der Waals surface area contributed by atoms with Gasteiger partial charge in [0.05, 0.1) is 0 Å². The fourth-order valence-corrected chi connectivity index (χ4v) is 4.43. The lowest BCUT2D eigenvalue weighted by Crippen LogP contribution is -2.54. The van der Waals surface area contributed by atoms with Crippen LogP contribution >= 0.6 is 0 Å². The number of nitrogens with one attached hydrogen (secondary N) is 1. The molecule has 2 amide bonds. The molecular formula is C21H31N3O2. The molecule has 1 atom stereocenters. The number of piperidine rings is 2. The molecule has 1 N–H and O–H groups in total. The Hall–Kier alpha value is -1.88. The summed E-state index contributed by atoms with van der Waals surface area (Å²) in [6.45, 7) is 4.58. The molecule has 1 spiro atoms. The van der Waals surface area contributed by atoms with Crippen molar-refractivity contribution in [3.8, 4) is 0 Å². The molecule has 5 nitrogen and oxygen atoms in total. The summed E-state index contributed by atoms with van der Waals surface area (Å²) in [7, 11) is 1.69. The van der Waals surface area contributed by atoms with Gasteiger partial charge in [-0.3, -0.25) is 9.59 Å². The van der Waals surface area contributed by atoms with Gasteiger partial charge in [-0.2, -0.15) is 0 Å². The maximum absolute atomic E-state index is 12.4. The van der Waals surface area contributed by atoms with Crippen molar-refractivity contribution in [2.24, 2.45) is 5.41 Å². The molecule has 2 fully saturated rings. The first-order valence-electron chi connectivity index (χ1n) is 9.85. The van der Waals surface area contributed by atoms with E-state index in [1.165, 1.54) is 12.0 Å². The number of carbonyl (C=O) groups is 2. The van der Waals surface area contributed by atoms with E-state index in [-0.39, 0.29) is 11.3 Å². The predicted octanol–water partition coefficient (Wildman–Crippen LogP) is 2.07. The van der Waals surface area contributed by atoms with Crippen LogP contribution in [-0.2, 0) is 16.0 Å². The van der Waals surface area contributed by atoms with Gasteiger partial charge < -0.3 is 15.1 Å². The van der Waals surface area contributed by atoms with Crippen LogP contribution in [0.25, 0.3) is 0 Å². The second kappa shape index (κ2) is 8.67. The summed E-state index contributed by atoms with van der Waals surface area (Å²) in [6.07, 6.45) is 5.49. The summed E-state index contributed by atoms with van der Waals surface area (Å²) < 4.78 is 0. The summed E-state index contributed by atoms with van der Waals surface area (Å²) in [6, 6.07) is 10.4. The first-order valence-corrected chi connectivity index (χ1v) is 9.85. The Kier molecular flexibility index (Phi) is 6.30. The maximum Gasteiger partial charge on any atom is 0.222 e. The van der Waals surface area contributed by atoms with Gasteiger partial charge in [0.25, 0.3) is 0 Å². The molecule has 142 valence electrons. The van der Waals surface area contributed by atoms with Crippen molar-refractivity contribution in [3.63, 3.8) is 0 Å². The van der Waals surface area contributed by atoms with Gasteiger partial charge in [0.2, 0.25) is 11.8 Å². The Labute approximate surface area is 156 Å². The molecular weight excluding hydrogens is 326 g/mol. The quantitative estimate of drug-likeness (QED) is 0.848. The Morgan fingerprint density at radius 1 is 1.15 bits per heavy atom. The second-order valence-electron chi connectivity index (χ2n) is 7.85. The highest BCUT2D eigenvalue weighted by molar-refractivity contribution is 5.77. The van der Waals surface area contributed by atoms with E-state index in [9.17, 15) is 9.59 Å². The minimum atomic E-state index is 0.105. The molecule has 0 aromatic heterocycles. The molecule has 2 heterocycles. The molecule has 0 aliphatic carbocycles. The molecule has 5 heteroatoms. The number of amides is 2. The smallest absolute Gasteiger partial charge is 0.222 e. The Morgan fingerprint density at radius 3 is 2.73 bits per heavy atom. The molecule has 26 heavy (non-hydrogen) atoms. The van der Waals surface area contributed by atoms with Crippen molar-refractivity contribution in [1.82, 2.24) is 15.1 Å². The van der Waals surface area contributed by atoms with Crippen molar-refractivity contribution >= 4 is 11.8 Å². The van der Waals surface area contributed by atoms with E-state index < -0.39 is 0 Å². The topological polar surface area (TPSA) is 52.7 Å². The second-order valence-corrected chi connectivity index (χ2v) is 7.85. The number of likely N-dealkylation sites (tertiary alicyclic amines) is 2.